The van der Waals surface area contributed by atoms with Crippen molar-refractivity contribution in [1.29, 1.82) is 0 Å². The zero-order valence-corrected chi connectivity index (χ0v) is 11.1. The van der Waals surface area contributed by atoms with Crippen LogP contribution in [-0.2, 0) is 4.74 Å². The molecule has 1 rings (SSSR count). The Morgan fingerprint density at radius 1 is 1.27 bits per heavy atom. The van der Waals surface area contributed by atoms with Crippen molar-refractivity contribution in [2.45, 2.75) is 0 Å². The van der Waals surface area contributed by atoms with Gasteiger partial charge in [-0.25, -0.2) is 0 Å². The smallest absolute Gasteiger partial charge is 0.120 e. The molecule has 84 valence electrons. The molecule has 2 nitrogen and oxygen atoms in total. The molecule has 0 saturated carbocycles. The van der Waals surface area contributed by atoms with Gasteiger partial charge in [-0.3, -0.25) is 0 Å². The minimum absolute atomic E-state index is 0.741. The van der Waals surface area contributed by atoms with Crippen LogP contribution in [0.1, 0.15) is 0 Å². The highest BCUT2D eigenvalue weighted by atomic mass is 79.9. The van der Waals surface area contributed by atoms with Crippen LogP contribution in [0.2, 0.25) is 0 Å². The zero-order valence-electron chi connectivity index (χ0n) is 8.74. The van der Waals surface area contributed by atoms with Crippen molar-refractivity contribution in [1.82, 2.24) is 0 Å². The molecule has 0 amide bonds. The Bertz CT molecular complexity index is 281. The molecule has 0 aliphatic heterocycles. The summed E-state index contributed by atoms with van der Waals surface area (Å²) in [6, 6.07) is 7.89. The molecule has 1 aromatic rings. The summed E-state index contributed by atoms with van der Waals surface area (Å²) in [5.74, 6) is 2.94. The highest BCUT2D eigenvalue weighted by Crippen LogP contribution is 2.17. The van der Waals surface area contributed by atoms with Crippen LogP contribution in [0.4, 0.5) is 0 Å². The first-order valence-electron chi connectivity index (χ1n) is 4.78. The maximum absolute atomic E-state index is 5.58. The molecule has 0 radical (unpaired) electrons. The third kappa shape index (κ3) is 6.07. The predicted octanol–water partition coefficient (Wildman–Crippen LogP) is 3.21. The van der Waals surface area contributed by atoms with Gasteiger partial charge >= 0.3 is 0 Å². The number of halogens is 1. The van der Waals surface area contributed by atoms with Gasteiger partial charge in [-0.1, -0.05) is 22.0 Å². The van der Waals surface area contributed by atoms with Crippen LogP contribution in [0.3, 0.4) is 0 Å². The van der Waals surface area contributed by atoms with Crippen molar-refractivity contribution >= 4 is 27.7 Å². The second kappa shape index (κ2) is 8.02. The lowest BCUT2D eigenvalue weighted by Crippen LogP contribution is -2.02. The van der Waals surface area contributed by atoms with Gasteiger partial charge in [0.25, 0.3) is 0 Å². The molecule has 0 spiro atoms. The van der Waals surface area contributed by atoms with Gasteiger partial charge in [0.05, 0.1) is 13.2 Å². The lowest BCUT2D eigenvalue weighted by Gasteiger charge is -2.05. The van der Waals surface area contributed by atoms with Crippen molar-refractivity contribution in [3.8, 4) is 5.75 Å². The maximum atomic E-state index is 5.58. The third-order valence-corrected chi connectivity index (χ3v) is 3.13. The second-order valence-corrected chi connectivity index (χ2v) is 5.05. The van der Waals surface area contributed by atoms with Gasteiger partial charge in [0.2, 0.25) is 0 Å². The maximum Gasteiger partial charge on any atom is 0.120 e. The number of rotatable bonds is 7. The summed E-state index contributed by atoms with van der Waals surface area (Å²) in [7, 11) is 1.72. The van der Waals surface area contributed by atoms with Crippen molar-refractivity contribution < 1.29 is 9.47 Å². The van der Waals surface area contributed by atoms with E-state index in [0.29, 0.717) is 0 Å². The first kappa shape index (κ1) is 12.9. The Morgan fingerprint density at radius 2 is 2.07 bits per heavy atom. The Hall–Kier alpha value is -0.190. The van der Waals surface area contributed by atoms with E-state index in [1.165, 1.54) is 0 Å². The molecule has 0 aliphatic carbocycles. The summed E-state index contributed by atoms with van der Waals surface area (Å²) in [6.07, 6.45) is 0. The van der Waals surface area contributed by atoms with Gasteiger partial charge in [0, 0.05) is 23.1 Å². The van der Waals surface area contributed by atoms with Crippen LogP contribution >= 0.6 is 27.7 Å². The summed E-state index contributed by atoms with van der Waals surface area (Å²) >= 11 is 5.24. The molecule has 0 bridgehead atoms. The first-order chi connectivity index (χ1) is 7.33. The number of thioether (sulfide) groups is 1. The summed E-state index contributed by atoms with van der Waals surface area (Å²) < 4.78 is 11.6. The van der Waals surface area contributed by atoms with Gasteiger partial charge in [-0.15, -0.1) is 0 Å². The molecule has 4 heteroatoms. The fourth-order valence-electron chi connectivity index (χ4n) is 1.02. The number of hydrogen-bond acceptors (Lipinski definition) is 3. The van der Waals surface area contributed by atoms with Gasteiger partial charge < -0.3 is 9.47 Å². The van der Waals surface area contributed by atoms with E-state index in [4.69, 9.17) is 9.47 Å². The van der Waals surface area contributed by atoms with Crippen molar-refractivity contribution in [3.05, 3.63) is 28.7 Å². The van der Waals surface area contributed by atoms with Gasteiger partial charge in [-0.05, 0) is 18.2 Å². The predicted molar refractivity (Wildman–Crippen MR) is 68.8 cm³/mol. The van der Waals surface area contributed by atoms with Crippen LogP contribution in [0.15, 0.2) is 28.7 Å². The largest absolute Gasteiger partial charge is 0.493 e. The Morgan fingerprint density at radius 3 is 2.80 bits per heavy atom. The van der Waals surface area contributed by atoms with Crippen LogP contribution in [-0.4, -0.2) is 31.8 Å². The molecule has 0 saturated heterocycles. The first-order valence-corrected chi connectivity index (χ1v) is 6.73. The Kier molecular flexibility index (Phi) is 6.88. The highest BCUT2D eigenvalue weighted by molar-refractivity contribution is 9.10. The van der Waals surface area contributed by atoms with E-state index >= 15 is 0 Å². The molecule has 0 aromatic heterocycles. The van der Waals surface area contributed by atoms with Gasteiger partial charge in [0.1, 0.15) is 5.75 Å². The third-order valence-electron chi connectivity index (χ3n) is 1.72. The summed E-state index contributed by atoms with van der Waals surface area (Å²) in [6.45, 7) is 1.55. The lowest BCUT2D eigenvalue weighted by molar-refractivity contribution is 0.218. The van der Waals surface area contributed by atoms with E-state index in [2.05, 4.69) is 15.9 Å². The van der Waals surface area contributed by atoms with Crippen LogP contribution in [0.25, 0.3) is 0 Å². The molecule has 0 atom stereocenters. The highest BCUT2D eigenvalue weighted by Gasteiger charge is 1.94. The van der Waals surface area contributed by atoms with Crippen LogP contribution in [0, 0.1) is 0 Å². The van der Waals surface area contributed by atoms with E-state index in [9.17, 15) is 0 Å². The van der Waals surface area contributed by atoms with Crippen molar-refractivity contribution in [3.63, 3.8) is 0 Å². The topological polar surface area (TPSA) is 18.5 Å². The molecule has 0 heterocycles. The summed E-state index contributed by atoms with van der Waals surface area (Å²) in [5.41, 5.74) is 0. The van der Waals surface area contributed by atoms with E-state index in [0.717, 1.165) is 34.9 Å². The van der Waals surface area contributed by atoms with E-state index < -0.39 is 0 Å². The molecule has 0 unspecified atom stereocenters. The molecule has 0 N–H and O–H groups in total. The Labute approximate surface area is 103 Å². The average Bonchev–Trinajstić information content (AvgIpc) is 2.23. The number of methoxy groups -OCH3 is 1. The molecule has 0 aliphatic rings. The lowest BCUT2D eigenvalue weighted by atomic mass is 10.3. The number of benzene rings is 1. The summed E-state index contributed by atoms with van der Waals surface area (Å²) in [5, 5.41) is 0. The van der Waals surface area contributed by atoms with E-state index in [1.807, 2.05) is 36.0 Å². The molecule has 0 fully saturated rings. The molecular weight excluding hydrogens is 276 g/mol. The van der Waals surface area contributed by atoms with Crippen molar-refractivity contribution in [2.24, 2.45) is 0 Å². The van der Waals surface area contributed by atoms with E-state index in [1.54, 1.807) is 7.11 Å². The van der Waals surface area contributed by atoms with Crippen molar-refractivity contribution in [2.75, 3.05) is 31.8 Å². The van der Waals surface area contributed by atoms with Crippen LogP contribution in [0.5, 0.6) is 5.75 Å². The summed E-state index contributed by atoms with van der Waals surface area (Å²) in [4.78, 5) is 0. The molecule has 15 heavy (non-hydrogen) atoms. The van der Waals surface area contributed by atoms with E-state index in [-0.39, 0.29) is 0 Å². The fourth-order valence-corrected chi connectivity index (χ4v) is 2.09. The monoisotopic (exact) mass is 290 g/mol. The molecule has 1 aromatic carbocycles. The van der Waals surface area contributed by atoms with Crippen LogP contribution < -0.4 is 4.74 Å². The quantitative estimate of drug-likeness (QED) is 0.719. The molecular formula is C11H15BrO2S. The number of hydrogen-bond donors (Lipinski definition) is 0. The standard InChI is InChI=1S/C11H15BrO2S/c1-13-5-7-15-8-6-14-11-4-2-3-10(12)9-11/h2-4,9H,5-8H2,1H3. The Balaban J connectivity index is 2.10. The SMILES string of the molecule is COCCSCCOc1cccc(Br)c1. The zero-order chi connectivity index (χ0) is 10.9. The number of ether oxygens (including phenoxy) is 2. The normalized spacial score (nSPS) is 10.3. The second-order valence-electron chi connectivity index (χ2n) is 2.91. The van der Waals surface area contributed by atoms with Gasteiger partial charge in [-0.2, -0.15) is 11.8 Å². The minimum Gasteiger partial charge on any atom is -0.493 e. The van der Waals surface area contributed by atoms with Gasteiger partial charge in [0.15, 0.2) is 0 Å². The minimum atomic E-state index is 0.741. The fraction of sp³-hybridized carbons (Fsp3) is 0.455. The average molecular weight is 291 g/mol.